The summed E-state index contributed by atoms with van der Waals surface area (Å²) >= 11 is 0. The molecule has 2 unspecified atom stereocenters. The summed E-state index contributed by atoms with van der Waals surface area (Å²) in [6.45, 7) is 7.01. The molecule has 0 amide bonds. The highest BCUT2D eigenvalue weighted by atomic mass is 16.6. The fourth-order valence-electron chi connectivity index (χ4n) is 0.907. The molecule has 0 aromatic heterocycles. The maximum atomic E-state index is 5.32. The fourth-order valence-corrected chi connectivity index (χ4v) is 0.907. The molecular weight excluding hydrogens is 128 g/mol. The molecule has 0 radical (unpaired) electrons. The number of hydrogen-bond acceptors (Lipinski definition) is 2. The third-order valence-electron chi connectivity index (χ3n) is 1.49. The van der Waals surface area contributed by atoms with Gasteiger partial charge < -0.3 is 9.47 Å². The van der Waals surface area contributed by atoms with E-state index in [4.69, 9.17) is 9.47 Å². The van der Waals surface area contributed by atoms with Crippen molar-refractivity contribution >= 4 is 0 Å². The SMILES string of the molecule is C=CCOC1CC1OCC. The van der Waals surface area contributed by atoms with Crippen molar-refractivity contribution in [2.75, 3.05) is 13.2 Å². The van der Waals surface area contributed by atoms with E-state index in [1.54, 1.807) is 6.08 Å². The van der Waals surface area contributed by atoms with Crippen LogP contribution in [-0.2, 0) is 9.47 Å². The highest BCUT2D eigenvalue weighted by Gasteiger charge is 2.38. The summed E-state index contributed by atoms with van der Waals surface area (Å²) < 4.78 is 10.6. The van der Waals surface area contributed by atoms with E-state index in [1.165, 1.54) is 0 Å². The van der Waals surface area contributed by atoms with Crippen molar-refractivity contribution in [1.82, 2.24) is 0 Å². The molecule has 2 heteroatoms. The topological polar surface area (TPSA) is 18.5 Å². The zero-order valence-corrected chi connectivity index (χ0v) is 6.38. The van der Waals surface area contributed by atoms with Gasteiger partial charge in [-0.05, 0) is 6.92 Å². The van der Waals surface area contributed by atoms with Crippen LogP contribution in [0, 0.1) is 0 Å². The zero-order chi connectivity index (χ0) is 7.40. The molecule has 1 aliphatic carbocycles. The minimum absolute atomic E-state index is 0.345. The lowest BCUT2D eigenvalue weighted by Gasteiger charge is -1.98. The Kier molecular flexibility index (Phi) is 2.90. The van der Waals surface area contributed by atoms with Crippen LogP contribution in [0.4, 0.5) is 0 Å². The van der Waals surface area contributed by atoms with Gasteiger partial charge in [0.1, 0.15) is 0 Å². The van der Waals surface area contributed by atoms with Crippen LogP contribution in [0.3, 0.4) is 0 Å². The summed E-state index contributed by atoms with van der Waals surface area (Å²) in [5.74, 6) is 0. The van der Waals surface area contributed by atoms with Crippen molar-refractivity contribution in [3.05, 3.63) is 12.7 Å². The van der Waals surface area contributed by atoms with Gasteiger partial charge in [0.2, 0.25) is 0 Å². The maximum absolute atomic E-state index is 5.32. The Morgan fingerprint density at radius 2 is 2.20 bits per heavy atom. The molecule has 0 saturated heterocycles. The van der Waals surface area contributed by atoms with E-state index < -0.39 is 0 Å². The van der Waals surface area contributed by atoms with E-state index in [1.807, 2.05) is 6.92 Å². The third kappa shape index (κ3) is 2.12. The lowest BCUT2D eigenvalue weighted by molar-refractivity contribution is 0.0594. The second kappa shape index (κ2) is 3.74. The number of hydrogen-bond donors (Lipinski definition) is 0. The van der Waals surface area contributed by atoms with E-state index in [0.29, 0.717) is 18.8 Å². The molecule has 1 rings (SSSR count). The molecule has 0 heterocycles. The van der Waals surface area contributed by atoms with Crippen LogP contribution < -0.4 is 0 Å². The first-order valence-electron chi connectivity index (χ1n) is 3.72. The van der Waals surface area contributed by atoms with Crippen LogP contribution in [0.25, 0.3) is 0 Å². The predicted molar refractivity (Wildman–Crippen MR) is 40.0 cm³/mol. The lowest BCUT2D eigenvalue weighted by Crippen LogP contribution is -2.03. The summed E-state index contributed by atoms with van der Waals surface area (Å²) in [7, 11) is 0. The van der Waals surface area contributed by atoms with Crippen LogP contribution in [0.15, 0.2) is 12.7 Å². The summed E-state index contributed by atoms with van der Waals surface area (Å²) in [5, 5.41) is 0. The average Bonchev–Trinajstić information content (AvgIpc) is 2.65. The Balaban J connectivity index is 1.96. The Bertz CT molecular complexity index is 112. The molecule has 0 N–H and O–H groups in total. The molecule has 1 fully saturated rings. The standard InChI is InChI=1S/C8H14O2/c1-3-5-10-8-6-7(8)9-4-2/h3,7-8H,1,4-6H2,2H3. The number of ether oxygens (including phenoxy) is 2. The molecular formula is C8H14O2. The van der Waals surface area contributed by atoms with Gasteiger partial charge in [0.15, 0.2) is 0 Å². The van der Waals surface area contributed by atoms with Crippen LogP contribution >= 0.6 is 0 Å². The Morgan fingerprint density at radius 3 is 2.80 bits per heavy atom. The quantitative estimate of drug-likeness (QED) is 0.540. The van der Waals surface area contributed by atoms with Crippen LogP contribution in [-0.4, -0.2) is 25.4 Å². The summed E-state index contributed by atoms with van der Waals surface area (Å²) in [6, 6.07) is 0. The van der Waals surface area contributed by atoms with E-state index in [2.05, 4.69) is 6.58 Å². The van der Waals surface area contributed by atoms with E-state index >= 15 is 0 Å². The van der Waals surface area contributed by atoms with Gasteiger partial charge in [0.25, 0.3) is 0 Å². The second-order valence-corrected chi connectivity index (χ2v) is 2.39. The van der Waals surface area contributed by atoms with Gasteiger partial charge in [-0.1, -0.05) is 6.08 Å². The number of rotatable bonds is 5. The van der Waals surface area contributed by atoms with Crippen LogP contribution in [0.2, 0.25) is 0 Å². The van der Waals surface area contributed by atoms with Crippen molar-refractivity contribution in [2.24, 2.45) is 0 Å². The Labute approximate surface area is 61.8 Å². The highest BCUT2D eigenvalue weighted by molar-refractivity contribution is 4.90. The summed E-state index contributed by atoms with van der Waals surface area (Å²) in [4.78, 5) is 0. The molecule has 0 aliphatic heterocycles. The predicted octanol–water partition coefficient (Wildman–Crippen LogP) is 1.37. The van der Waals surface area contributed by atoms with Gasteiger partial charge in [-0.15, -0.1) is 6.58 Å². The first-order chi connectivity index (χ1) is 4.88. The smallest absolute Gasteiger partial charge is 0.0867 e. The van der Waals surface area contributed by atoms with Gasteiger partial charge in [0, 0.05) is 13.0 Å². The second-order valence-electron chi connectivity index (χ2n) is 2.39. The van der Waals surface area contributed by atoms with Crippen molar-refractivity contribution < 1.29 is 9.47 Å². The fraction of sp³-hybridized carbons (Fsp3) is 0.750. The van der Waals surface area contributed by atoms with Crippen molar-refractivity contribution in [3.63, 3.8) is 0 Å². The van der Waals surface area contributed by atoms with Crippen LogP contribution in [0.1, 0.15) is 13.3 Å². The van der Waals surface area contributed by atoms with Gasteiger partial charge >= 0.3 is 0 Å². The maximum Gasteiger partial charge on any atom is 0.0867 e. The normalized spacial score (nSPS) is 30.1. The third-order valence-corrected chi connectivity index (χ3v) is 1.49. The van der Waals surface area contributed by atoms with E-state index in [-0.39, 0.29) is 0 Å². The molecule has 58 valence electrons. The van der Waals surface area contributed by atoms with Gasteiger partial charge in [-0.3, -0.25) is 0 Å². The lowest BCUT2D eigenvalue weighted by atomic mass is 10.7. The highest BCUT2D eigenvalue weighted by Crippen LogP contribution is 2.28. The Hall–Kier alpha value is -0.340. The van der Waals surface area contributed by atoms with Crippen LogP contribution in [0.5, 0.6) is 0 Å². The first-order valence-corrected chi connectivity index (χ1v) is 3.72. The Morgan fingerprint density at radius 1 is 1.50 bits per heavy atom. The van der Waals surface area contributed by atoms with E-state index in [0.717, 1.165) is 13.0 Å². The summed E-state index contributed by atoms with van der Waals surface area (Å²) in [5.41, 5.74) is 0. The first kappa shape index (κ1) is 7.76. The minimum Gasteiger partial charge on any atom is -0.376 e. The molecule has 0 bridgehead atoms. The largest absolute Gasteiger partial charge is 0.376 e. The minimum atomic E-state index is 0.345. The van der Waals surface area contributed by atoms with E-state index in [9.17, 15) is 0 Å². The van der Waals surface area contributed by atoms with Crippen molar-refractivity contribution in [2.45, 2.75) is 25.6 Å². The van der Waals surface area contributed by atoms with Crippen molar-refractivity contribution in [3.8, 4) is 0 Å². The molecule has 0 spiro atoms. The summed E-state index contributed by atoms with van der Waals surface area (Å²) in [6.07, 6.45) is 3.53. The monoisotopic (exact) mass is 142 g/mol. The molecule has 0 aromatic carbocycles. The van der Waals surface area contributed by atoms with Gasteiger partial charge in [0.05, 0.1) is 18.8 Å². The van der Waals surface area contributed by atoms with Crippen molar-refractivity contribution in [1.29, 1.82) is 0 Å². The zero-order valence-electron chi connectivity index (χ0n) is 6.38. The molecule has 1 aliphatic rings. The molecule has 10 heavy (non-hydrogen) atoms. The van der Waals surface area contributed by atoms with Gasteiger partial charge in [-0.25, -0.2) is 0 Å². The molecule has 0 aromatic rings. The molecule has 2 atom stereocenters. The average molecular weight is 142 g/mol. The molecule has 2 nitrogen and oxygen atoms in total. The van der Waals surface area contributed by atoms with Gasteiger partial charge in [-0.2, -0.15) is 0 Å². The molecule has 1 saturated carbocycles.